The Morgan fingerprint density at radius 1 is 0.933 bits per heavy atom. The fourth-order valence-corrected chi connectivity index (χ4v) is 9.51. The predicted octanol–water partition coefficient (Wildman–Crippen LogP) is 8.23. The van der Waals surface area contributed by atoms with Crippen LogP contribution in [-0.2, 0) is 4.79 Å². The second-order valence-corrected chi connectivity index (χ2v) is 12.8. The van der Waals surface area contributed by atoms with Gasteiger partial charge in [-0.05, 0) is 103 Å². The largest absolute Gasteiger partial charge is 0.299 e. The molecule has 4 aliphatic rings. The molecule has 4 rings (SSSR count). The number of fused-ring (bicyclic) bond motifs is 5. The van der Waals surface area contributed by atoms with Gasteiger partial charge < -0.3 is 0 Å². The fraction of sp³-hybridized carbons (Fsp3) is 0.897. The Morgan fingerprint density at radius 3 is 2.47 bits per heavy atom. The van der Waals surface area contributed by atoms with Crippen LogP contribution < -0.4 is 0 Å². The van der Waals surface area contributed by atoms with Crippen molar-refractivity contribution in [1.82, 2.24) is 0 Å². The minimum Gasteiger partial charge on any atom is -0.299 e. The number of rotatable bonds is 6. The molecule has 0 heterocycles. The van der Waals surface area contributed by atoms with Crippen LogP contribution in [0, 0.1) is 52.3 Å². The van der Waals surface area contributed by atoms with Crippen molar-refractivity contribution in [2.75, 3.05) is 0 Å². The molecule has 0 saturated heterocycles. The number of allylic oxidation sites excluding steroid dienone is 2. The van der Waals surface area contributed by atoms with Crippen LogP contribution in [0.2, 0.25) is 0 Å². The molecule has 170 valence electrons. The third kappa shape index (κ3) is 3.75. The Balaban J connectivity index is 1.58. The van der Waals surface area contributed by atoms with Gasteiger partial charge in [-0.25, -0.2) is 0 Å². The van der Waals surface area contributed by atoms with Crippen molar-refractivity contribution in [2.45, 2.75) is 112 Å². The molecule has 0 aromatic heterocycles. The SMILES string of the molecule is CC(C)CCC[C@@H](C)[C@H]1C(=CC=O)C[C@H]2[C@@H]3CCC4CCCC[C@]4(C)[C@H]3CC[C@]12C. The molecule has 4 fully saturated rings. The standard InChI is InChI=1S/C29H48O/c1-20(2)9-8-10-21(3)27-22(15-18-30)19-26-24-13-12-23-11-6-7-16-28(23,4)25(24)14-17-29(26,27)5/h15,18,20-21,23-27H,6-14,16-17,19H2,1-5H3/t21-,23?,24-,25+,26+,27+,28+,29+/m1/s1. The lowest BCUT2D eigenvalue weighted by molar-refractivity contribution is -0.114. The van der Waals surface area contributed by atoms with E-state index in [9.17, 15) is 4.79 Å². The zero-order valence-corrected chi connectivity index (χ0v) is 20.6. The molecule has 1 unspecified atom stereocenters. The first-order valence-electron chi connectivity index (χ1n) is 13.5. The van der Waals surface area contributed by atoms with Crippen molar-refractivity contribution in [3.8, 4) is 0 Å². The van der Waals surface area contributed by atoms with Crippen molar-refractivity contribution in [1.29, 1.82) is 0 Å². The van der Waals surface area contributed by atoms with Crippen molar-refractivity contribution in [3.05, 3.63) is 11.6 Å². The lowest BCUT2D eigenvalue weighted by Gasteiger charge is -2.60. The smallest absolute Gasteiger partial charge is 0.142 e. The summed E-state index contributed by atoms with van der Waals surface area (Å²) in [6.45, 7) is 12.5. The van der Waals surface area contributed by atoms with E-state index < -0.39 is 0 Å². The first-order chi connectivity index (χ1) is 14.3. The third-order valence-corrected chi connectivity index (χ3v) is 10.9. The summed E-state index contributed by atoms with van der Waals surface area (Å²) in [7, 11) is 0. The average molecular weight is 413 g/mol. The number of aldehydes is 1. The molecular weight excluding hydrogens is 364 g/mol. The van der Waals surface area contributed by atoms with Crippen LogP contribution >= 0.6 is 0 Å². The van der Waals surface area contributed by atoms with E-state index in [1.165, 1.54) is 82.6 Å². The second-order valence-electron chi connectivity index (χ2n) is 12.8. The Bertz CT molecular complexity index is 647. The summed E-state index contributed by atoms with van der Waals surface area (Å²) in [6.07, 6.45) is 20.0. The van der Waals surface area contributed by atoms with Gasteiger partial charge in [-0.3, -0.25) is 4.79 Å². The van der Waals surface area contributed by atoms with E-state index in [2.05, 4.69) is 34.6 Å². The van der Waals surface area contributed by atoms with Gasteiger partial charge in [0, 0.05) is 0 Å². The molecule has 0 aliphatic heterocycles. The molecule has 0 bridgehead atoms. The van der Waals surface area contributed by atoms with E-state index in [4.69, 9.17) is 0 Å². The van der Waals surface area contributed by atoms with Crippen LogP contribution in [-0.4, -0.2) is 6.29 Å². The molecule has 0 spiro atoms. The third-order valence-electron chi connectivity index (χ3n) is 10.9. The quantitative estimate of drug-likeness (QED) is 0.317. The normalized spacial score (nSPS) is 45.7. The maximum Gasteiger partial charge on any atom is 0.142 e. The number of carbonyl (C=O) groups is 1. The van der Waals surface area contributed by atoms with E-state index in [0.717, 1.165) is 35.9 Å². The summed E-state index contributed by atoms with van der Waals surface area (Å²) in [5.74, 6) is 5.82. The summed E-state index contributed by atoms with van der Waals surface area (Å²) >= 11 is 0. The number of carbonyl (C=O) groups excluding carboxylic acids is 1. The molecule has 8 atom stereocenters. The average Bonchev–Trinajstić information content (AvgIpc) is 2.99. The second kappa shape index (κ2) is 8.74. The number of hydrogen-bond donors (Lipinski definition) is 0. The molecule has 0 aromatic carbocycles. The molecule has 4 saturated carbocycles. The van der Waals surface area contributed by atoms with E-state index in [-0.39, 0.29) is 0 Å². The minimum absolute atomic E-state index is 0.422. The van der Waals surface area contributed by atoms with E-state index >= 15 is 0 Å². The zero-order valence-electron chi connectivity index (χ0n) is 20.6. The first-order valence-corrected chi connectivity index (χ1v) is 13.5. The Morgan fingerprint density at radius 2 is 1.73 bits per heavy atom. The van der Waals surface area contributed by atoms with Crippen LogP contribution in [0.25, 0.3) is 0 Å². The van der Waals surface area contributed by atoms with Crippen molar-refractivity contribution >= 4 is 6.29 Å². The molecule has 30 heavy (non-hydrogen) atoms. The zero-order chi connectivity index (χ0) is 21.5. The molecule has 1 heteroatoms. The summed E-state index contributed by atoms with van der Waals surface area (Å²) in [5, 5.41) is 0. The van der Waals surface area contributed by atoms with Crippen molar-refractivity contribution in [2.24, 2.45) is 52.3 Å². The van der Waals surface area contributed by atoms with Crippen LogP contribution in [0.1, 0.15) is 112 Å². The van der Waals surface area contributed by atoms with Gasteiger partial charge in [-0.1, -0.05) is 72.3 Å². The lowest BCUT2D eigenvalue weighted by Crippen LogP contribution is -2.53. The minimum atomic E-state index is 0.422. The maximum absolute atomic E-state index is 11.6. The van der Waals surface area contributed by atoms with Gasteiger partial charge in [0.15, 0.2) is 0 Å². The fourth-order valence-electron chi connectivity index (χ4n) is 9.51. The highest BCUT2D eigenvalue weighted by atomic mass is 16.1. The van der Waals surface area contributed by atoms with Crippen LogP contribution in [0.4, 0.5) is 0 Å². The monoisotopic (exact) mass is 412 g/mol. The Hall–Kier alpha value is -0.590. The van der Waals surface area contributed by atoms with Gasteiger partial charge in [-0.2, -0.15) is 0 Å². The summed E-state index contributed by atoms with van der Waals surface area (Å²) in [4.78, 5) is 11.6. The van der Waals surface area contributed by atoms with Gasteiger partial charge in [0.1, 0.15) is 6.29 Å². The van der Waals surface area contributed by atoms with Crippen LogP contribution in [0.15, 0.2) is 11.6 Å². The predicted molar refractivity (Wildman–Crippen MR) is 127 cm³/mol. The van der Waals surface area contributed by atoms with Gasteiger partial charge >= 0.3 is 0 Å². The van der Waals surface area contributed by atoms with E-state index in [0.29, 0.717) is 22.7 Å². The van der Waals surface area contributed by atoms with Crippen LogP contribution in [0.3, 0.4) is 0 Å². The van der Waals surface area contributed by atoms with Crippen molar-refractivity contribution in [3.63, 3.8) is 0 Å². The summed E-state index contributed by atoms with van der Waals surface area (Å²) < 4.78 is 0. The molecule has 0 radical (unpaired) electrons. The molecule has 0 aromatic rings. The van der Waals surface area contributed by atoms with E-state index in [1.807, 2.05) is 6.08 Å². The Kier molecular flexibility index (Phi) is 6.59. The highest BCUT2D eigenvalue weighted by molar-refractivity contribution is 5.66. The van der Waals surface area contributed by atoms with E-state index in [1.54, 1.807) is 0 Å². The Labute approximate surface area is 186 Å². The molecule has 0 amide bonds. The summed E-state index contributed by atoms with van der Waals surface area (Å²) in [5.41, 5.74) is 2.55. The van der Waals surface area contributed by atoms with Crippen molar-refractivity contribution < 1.29 is 4.79 Å². The molecule has 1 nitrogen and oxygen atoms in total. The molecular formula is C29H48O. The topological polar surface area (TPSA) is 17.1 Å². The highest BCUT2D eigenvalue weighted by Crippen LogP contribution is 2.69. The van der Waals surface area contributed by atoms with Gasteiger partial charge in [0.2, 0.25) is 0 Å². The highest BCUT2D eigenvalue weighted by Gasteiger charge is 2.61. The molecule has 4 aliphatic carbocycles. The first kappa shape index (κ1) is 22.6. The molecule has 0 N–H and O–H groups in total. The van der Waals surface area contributed by atoms with Gasteiger partial charge in [-0.15, -0.1) is 0 Å². The summed E-state index contributed by atoms with van der Waals surface area (Å²) in [6, 6.07) is 0. The maximum atomic E-state index is 11.6. The van der Waals surface area contributed by atoms with Crippen LogP contribution in [0.5, 0.6) is 0 Å². The van der Waals surface area contributed by atoms with Gasteiger partial charge in [0.25, 0.3) is 0 Å². The lowest BCUT2D eigenvalue weighted by atomic mass is 9.44. The number of hydrogen-bond acceptors (Lipinski definition) is 1. The van der Waals surface area contributed by atoms with Gasteiger partial charge in [0.05, 0.1) is 0 Å².